The molecule has 0 fully saturated rings. The number of benzene rings is 1. The standard InChI is InChI=1S/C19H22N2O5/c1-24-16-7-3-5-14(19(16)25-2)13-21-18(23)10-11-20-17(22)9-8-15-6-4-12-26-15/h3-9,12H,10-11,13H2,1-2H3,(H,20,22)(H,21,23)/b9-8+. The molecule has 0 radical (unpaired) electrons. The second-order valence-electron chi connectivity index (χ2n) is 5.32. The van der Waals surface area contributed by atoms with Gasteiger partial charge in [0.15, 0.2) is 11.5 Å². The topological polar surface area (TPSA) is 89.8 Å². The molecule has 0 aliphatic rings. The molecule has 2 rings (SSSR count). The van der Waals surface area contributed by atoms with Crippen molar-refractivity contribution in [3.8, 4) is 11.5 Å². The molecule has 2 amide bonds. The van der Waals surface area contributed by atoms with Crippen molar-refractivity contribution < 1.29 is 23.5 Å². The minimum absolute atomic E-state index is 0.173. The van der Waals surface area contributed by atoms with E-state index in [4.69, 9.17) is 13.9 Å². The second-order valence-corrected chi connectivity index (χ2v) is 5.32. The fourth-order valence-corrected chi connectivity index (χ4v) is 2.28. The van der Waals surface area contributed by atoms with E-state index in [-0.39, 0.29) is 24.8 Å². The lowest BCUT2D eigenvalue weighted by Crippen LogP contribution is -2.29. The maximum absolute atomic E-state index is 11.9. The van der Waals surface area contributed by atoms with Gasteiger partial charge in [-0.1, -0.05) is 12.1 Å². The lowest BCUT2D eigenvalue weighted by Gasteiger charge is -2.13. The molecule has 2 aromatic rings. The van der Waals surface area contributed by atoms with Crippen molar-refractivity contribution in [3.05, 3.63) is 54.0 Å². The zero-order valence-electron chi connectivity index (χ0n) is 14.8. The van der Waals surface area contributed by atoms with E-state index < -0.39 is 0 Å². The lowest BCUT2D eigenvalue weighted by molar-refractivity contribution is -0.121. The largest absolute Gasteiger partial charge is 0.493 e. The van der Waals surface area contributed by atoms with E-state index in [1.54, 1.807) is 38.5 Å². The molecule has 138 valence electrons. The summed E-state index contributed by atoms with van der Waals surface area (Å²) < 4.78 is 15.6. The van der Waals surface area contributed by atoms with Crippen molar-refractivity contribution in [1.29, 1.82) is 0 Å². The van der Waals surface area contributed by atoms with Gasteiger partial charge in [-0.3, -0.25) is 9.59 Å². The number of nitrogens with one attached hydrogen (secondary N) is 2. The number of carbonyl (C=O) groups is 2. The van der Waals surface area contributed by atoms with E-state index in [9.17, 15) is 9.59 Å². The van der Waals surface area contributed by atoms with Gasteiger partial charge < -0.3 is 24.5 Å². The van der Waals surface area contributed by atoms with E-state index in [0.717, 1.165) is 5.56 Å². The van der Waals surface area contributed by atoms with Crippen LogP contribution in [0.3, 0.4) is 0 Å². The Morgan fingerprint density at radius 2 is 1.96 bits per heavy atom. The summed E-state index contributed by atoms with van der Waals surface area (Å²) in [6, 6.07) is 8.94. The van der Waals surface area contributed by atoms with Gasteiger partial charge in [-0.05, 0) is 24.3 Å². The molecule has 0 bridgehead atoms. The van der Waals surface area contributed by atoms with Gasteiger partial charge in [0.2, 0.25) is 11.8 Å². The number of methoxy groups -OCH3 is 2. The average Bonchev–Trinajstić information content (AvgIpc) is 3.17. The van der Waals surface area contributed by atoms with Gasteiger partial charge in [-0.15, -0.1) is 0 Å². The van der Waals surface area contributed by atoms with Crippen LogP contribution in [0.15, 0.2) is 47.1 Å². The SMILES string of the molecule is COc1cccc(CNC(=O)CCNC(=O)/C=C/c2ccco2)c1OC. The first kappa shape index (κ1) is 19.1. The van der Waals surface area contributed by atoms with E-state index >= 15 is 0 Å². The summed E-state index contributed by atoms with van der Waals surface area (Å²) in [5.41, 5.74) is 0.811. The highest BCUT2D eigenvalue weighted by Gasteiger charge is 2.10. The number of carbonyl (C=O) groups excluding carboxylic acids is 2. The summed E-state index contributed by atoms with van der Waals surface area (Å²) in [7, 11) is 3.11. The maximum Gasteiger partial charge on any atom is 0.244 e. The highest BCUT2D eigenvalue weighted by molar-refractivity contribution is 5.91. The van der Waals surface area contributed by atoms with E-state index in [1.165, 1.54) is 12.3 Å². The Hall–Kier alpha value is -3.22. The Labute approximate surface area is 152 Å². The number of furan rings is 1. The molecule has 0 spiro atoms. The normalized spacial score (nSPS) is 10.5. The molecule has 0 aliphatic carbocycles. The highest BCUT2D eigenvalue weighted by atomic mass is 16.5. The summed E-state index contributed by atoms with van der Waals surface area (Å²) in [5, 5.41) is 5.44. The lowest BCUT2D eigenvalue weighted by atomic mass is 10.2. The third-order valence-corrected chi connectivity index (χ3v) is 3.55. The first-order chi connectivity index (χ1) is 12.6. The smallest absolute Gasteiger partial charge is 0.244 e. The van der Waals surface area contributed by atoms with Crippen molar-refractivity contribution in [2.75, 3.05) is 20.8 Å². The summed E-state index contributed by atoms with van der Waals surface area (Å²) >= 11 is 0. The summed E-state index contributed by atoms with van der Waals surface area (Å²) in [5.74, 6) is 1.32. The van der Waals surface area contributed by atoms with Gasteiger partial charge in [0.05, 0.1) is 20.5 Å². The number of amides is 2. The fourth-order valence-electron chi connectivity index (χ4n) is 2.28. The van der Waals surface area contributed by atoms with Crippen LogP contribution < -0.4 is 20.1 Å². The monoisotopic (exact) mass is 358 g/mol. The van der Waals surface area contributed by atoms with Crippen LogP contribution in [0.1, 0.15) is 17.7 Å². The van der Waals surface area contributed by atoms with Crippen LogP contribution in [0.4, 0.5) is 0 Å². The first-order valence-electron chi connectivity index (χ1n) is 8.10. The third-order valence-electron chi connectivity index (χ3n) is 3.55. The predicted molar refractivity (Wildman–Crippen MR) is 96.8 cm³/mol. The van der Waals surface area contributed by atoms with E-state index in [2.05, 4.69) is 10.6 Å². The summed E-state index contributed by atoms with van der Waals surface area (Å²) in [6.07, 6.45) is 4.62. The molecule has 1 heterocycles. The van der Waals surface area contributed by atoms with E-state index in [0.29, 0.717) is 23.8 Å². The molecule has 0 unspecified atom stereocenters. The minimum atomic E-state index is -0.288. The second kappa shape index (κ2) is 9.93. The molecular formula is C19H22N2O5. The highest BCUT2D eigenvalue weighted by Crippen LogP contribution is 2.30. The Morgan fingerprint density at radius 3 is 2.65 bits per heavy atom. The Morgan fingerprint density at radius 1 is 1.12 bits per heavy atom. The molecule has 1 aromatic carbocycles. The molecule has 0 atom stereocenters. The van der Waals surface area contributed by atoms with Crippen molar-refractivity contribution >= 4 is 17.9 Å². The van der Waals surface area contributed by atoms with Crippen LogP contribution in [0.5, 0.6) is 11.5 Å². The number of hydrogen-bond donors (Lipinski definition) is 2. The molecule has 7 heteroatoms. The number of para-hydroxylation sites is 1. The van der Waals surface area contributed by atoms with Gasteiger partial charge in [0.25, 0.3) is 0 Å². The van der Waals surface area contributed by atoms with E-state index in [1.807, 2.05) is 12.1 Å². The predicted octanol–water partition coefficient (Wildman–Crippen LogP) is 2.13. The van der Waals surface area contributed by atoms with Crippen molar-refractivity contribution in [1.82, 2.24) is 10.6 Å². The number of ether oxygens (including phenoxy) is 2. The van der Waals surface area contributed by atoms with Gasteiger partial charge in [0.1, 0.15) is 5.76 Å². The average molecular weight is 358 g/mol. The van der Waals surface area contributed by atoms with Gasteiger partial charge in [-0.2, -0.15) is 0 Å². The number of rotatable bonds is 9. The Bertz CT molecular complexity index is 753. The maximum atomic E-state index is 11.9. The van der Waals surface area contributed by atoms with Crippen molar-refractivity contribution in [2.45, 2.75) is 13.0 Å². The molecule has 0 aliphatic heterocycles. The zero-order chi connectivity index (χ0) is 18.8. The molecule has 7 nitrogen and oxygen atoms in total. The molecule has 1 aromatic heterocycles. The van der Waals surface area contributed by atoms with Crippen LogP contribution in [-0.4, -0.2) is 32.6 Å². The van der Waals surface area contributed by atoms with Crippen LogP contribution in [0.25, 0.3) is 6.08 Å². The molecular weight excluding hydrogens is 336 g/mol. The molecule has 0 saturated heterocycles. The van der Waals surface area contributed by atoms with Crippen molar-refractivity contribution in [3.63, 3.8) is 0 Å². The molecule has 2 N–H and O–H groups in total. The van der Waals surface area contributed by atoms with Crippen LogP contribution in [-0.2, 0) is 16.1 Å². The minimum Gasteiger partial charge on any atom is -0.493 e. The van der Waals surface area contributed by atoms with Gasteiger partial charge in [-0.25, -0.2) is 0 Å². The first-order valence-corrected chi connectivity index (χ1v) is 8.10. The Kier molecular flexibility index (Phi) is 7.30. The van der Waals surface area contributed by atoms with Gasteiger partial charge in [0, 0.05) is 31.1 Å². The Balaban J connectivity index is 1.73. The van der Waals surface area contributed by atoms with Crippen LogP contribution in [0.2, 0.25) is 0 Å². The molecule has 26 heavy (non-hydrogen) atoms. The number of hydrogen-bond acceptors (Lipinski definition) is 5. The van der Waals surface area contributed by atoms with Crippen LogP contribution >= 0.6 is 0 Å². The zero-order valence-corrected chi connectivity index (χ0v) is 14.8. The quantitative estimate of drug-likeness (QED) is 0.670. The fraction of sp³-hybridized carbons (Fsp3) is 0.263. The van der Waals surface area contributed by atoms with Gasteiger partial charge >= 0.3 is 0 Å². The van der Waals surface area contributed by atoms with Crippen LogP contribution in [0, 0.1) is 0 Å². The molecule has 0 saturated carbocycles. The third kappa shape index (κ3) is 5.70. The van der Waals surface area contributed by atoms with Crippen molar-refractivity contribution in [2.24, 2.45) is 0 Å². The summed E-state index contributed by atoms with van der Waals surface area (Å²) in [6.45, 7) is 0.550. The summed E-state index contributed by atoms with van der Waals surface area (Å²) in [4.78, 5) is 23.6.